The molecule has 0 saturated carbocycles. The summed E-state index contributed by atoms with van der Waals surface area (Å²) in [7, 11) is 0. The van der Waals surface area contributed by atoms with Crippen LogP contribution in [-0.2, 0) is 9.53 Å². The number of hydrogen-bond acceptors (Lipinski definition) is 6. The van der Waals surface area contributed by atoms with Gasteiger partial charge in [0.15, 0.2) is 0 Å². The van der Waals surface area contributed by atoms with E-state index in [2.05, 4.69) is 38.4 Å². The number of nitrogens with one attached hydrogen (secondary N) is 1. The summed E-state index contributed by atoms with van der Waals surface area (Å²) >= 11 is 1.68. The van der Waals surface area contributed by atoms with Crippen molar-refractivity contribution in [3.8, 4) is 10.4 Å². The van der Waals surface area contributed by atoms with Crippen LogP contribution in [0, 0.1) is 6.92 Å². The molecule has 4 heterocycles. The standard InChI is InChI=1S/C20H20N4O2S/c1-12-21-8-18(27-12)13-2-3-14-7-22-19(5-15(14)4-13)23-20(25)10-24-9-17-6-16(24)11-26-17/h2-5,7-8,16-17H,6,9-11H2,1H3,(H,22,23,25)/t16-,17-/m1/s1. The minimum Gasteiger partial charge on any atom is -0.375 e. The Kier molecular flexibility index (Phi) is 4.15. The Morgan fingerprint density at radius 3 is 2.96 bits per heavy atom. The van der Waals surface area contributed by atoms with Crippen LogP contribution in [0.3, 0.4) is 0 Å². The molecule has 2 atom stereocenters. The first-order chi connectivity index (χ1) is 13.1. The molecule has 5 rings (SSSR count). The summed E-state index contributed by atoms with van der Waals surface area (Å²) in [4.78, 5) is 24.5. The SMILES string of the molecule is Cc1ncc(-c2ccc3cnc(NC(=O)CN4C[C@H]5C[C@@H]4CO5)cc3c2)s1. The Morgan fingerprint density at radius 1 is 1.30 bits per heavy atom. The van der Waals surface area contributed by atoms with Crippen molar-refractivity contribution in [3.63, 3.8) is 0 Å². The maximum atomic E-state index is 12.4. The molecule has 0 radical (unpaired) electrons. The molecule has 0 spiro atoms. The average molecular weight is 380 g/mol. The monoisotopic (exact) mass is 380 g/mol. The molecular formula is C20H20N4O2S. The maximum Gasteiger partial charge on any atom is 0.239 e. The van der Waals surface area contributed by atoms with Gasteiger partial charge in [-0.25, -0.2) is 9.97 Å². The molecule has 2 bridgehead atoms. The van der Waals surface area contributed by atoms with Gasteiger partial charge in [-0.2, -0.15) is 0 Å². The van der Waals surface area contributed by atoms with E-state index in [4.69, 9.17) is 4.74 Å². The van der Waals surface area contributed by atoms with Gasteiger partial charge in [-0.05, 0) is 36.4 Å². The number of rotatable bonds is 4. The first-order valence-corrected chi connectivity index (χ1v) is 9.94. The first kappa shape index (κ1) is 16.8. The molecule has 0 aliphatic carbocycles. The van der Waals surface area contributed by atoms with Crippen molar-refractivity contribution in [2.75, 3.05) is 25.0 Å². The van der Waals surface area contributed by atoms with Gasteiger partial charge >= 0.3 is 0 Å². The Hall–Kier alpha value is -2.35. The van der Waals surface area contributed by atoms with E-state index in [9.17, 15) is 4.79 Å². The Balaban J connectivity index is 1.33. The second kappa shape index (κ2) is 6.67. The number of ether oxygens (including phenoxy) is 1. The Morgan fingerprint density at radius 2 is 2.22 bits per heavy atom. The van der Waals surface area contributed by atoms with Crippen molar-refractivity contribution in [2.45, 2.75) is 25.5 Å². The van der Waals surface area contributed by atoms with Crippen molar-refractivity contribution < 1.29 is 9.53 Å². The highest BCUT2D eigenvalue weighted by atomic mass is 32.1. The first-order valence-electron chi connectivity index (χ1n) is 9.12. The number of carbonyl (C=O) groups is 1. The van der Waals surface area contributed by atoms with Gasteiger partial charge in [0.25, 0.3) is 0 Å². The zero-order valence-corrected chi connectivity index (χ0v) is 15.8. The second-order valence-corrected chi connectivity index (χ2v) is 8.43. The molecule has 27 heavy (non-hydrogen) atoms. The lowest BCUT2D eigenvalue weighted by atomic mass is 10.1. The van der Waals surface area contributed by atoms with Crippen molar-refractivity contribution in [1.29, 1.82) is 0 Å². The van der Waals surface area contributed by atoms with Crippen LogP contribution in [0.1, 0.15) is 11.4 Å². The topological polar surface area (TPSA) is 67.4 Å². The van der Waals surface area contributed by atoms with Crippen LogP contribution in [0.15, 0.2) is 36.7 Å². The molecule has 1 amide bonds. The molecule has 138 valence electrons. The lowest BCUT2D eigenvalue weighted by molar-refractivity contribution is -0.118. The van der Waals surface area contributed by atoms with E-state index >= 15 is 0 Å². The van der Waals surface area contributed by atoms with Crippen LogP contribution in [0.2, 0.25) is 0 Å². The molecule has 2 fully saturated rings. The van der Waals surface area contributed by atoms with Crippen molar-refractivity contribution >= 4 is 33.8 Å². The number of nitrogens with zero attached hydrogens (tertiary/aromatic N) is 3. The summed E-state index contributed by atoms with van der Waals surface area (Å²) in [6, 6.07) is 8.58. The lowest BCUT2D eigenvalue weighted by Gasteiger charge is -2.25. The summed E-state index contributed by atoms with van der Waals surface area (Å²) < 4.78 is 5.59. The fourth-order valence-electron chi connectivity index (χ4n) is 3.90. The fourth-order valence-corrected chi connectivity index (χ4v) is 4.67. The van der Waals surface area contributed by atoms with Crippen LogP contribution in [0.4, 0.5) is 5.82 Å². The smallest absolute Gasteiger partial charge is 0.239 e. The van der Waals surface area contributed by atoms with E-state index in [1.807, 2.05) is 19.2 Å². The third-order valence-corrected chi connectivity index (χ3v) is 6.22. The Labute approximate surface area is 161 Å². The van der Waals surface area contributed by atoms with E-state index in [0.29, 0.717) is 24.5 Å². The zero-order valence-electron chi connectivity index (χ0n) is 15.0. The molecule has 7 heteroatoms. The number of pyridine rings is 1. The molecule has 2 aromatic heterocycles. The van der Waals surface area contributed by atoms with Gasteiger partial charge in [0.1, 0.15) is 5.82 Å². The number of carbonyl (C=O) groups excluding carboxylic acids is 1. The van der Waals surface area contributed by atoms with Gasteiger partial charge < -0.3 is 10.1 Å². The van der Waals surface area contributed by atoms with E-state index in [0.717, 1.165) is 45.8 Å². The minimum absolute atomic E-state index is 0.0244. The van der Waals surface area contributed by atoms with Crippen LogP contribution in [-0.4, -0.2) is 52.6 Å². The summed E-state index contributed by atoms with van der Waals surface area (Å²) in [5.41, 5.74) is 1.13. The number of benzene rings is 1. The summed E-state index contributed by atoms with van der Waals surface area (Å²) in [5.74, 6) is 0.564. The molecule has 1 N–H and O–H groups in total. The number of amides is 1. The third kappa shape index (κ3) is 3.34. The summed E-state index contributed by atoms with van der Waals surface area (Å²) in [6.45, 7) is 3.99. The number of aryl methyl sites for hydroxylation is 1. The largest absolute Gasteiger partial charge is 0.375 e. The van der Waals surface area contributed by atoms with Crippen LogP contribution in [0.25, 0.3) is 21.2 Å². The molecule has 0 unspecified atom stereocenters. The quantitative estimate of drug-likeness (QED) is 0.753. The number of fused-ring (bicyclic) bond motifs is 3. The van der Waals surface area contributed by atoms with E-state index in [-0.39, 0.29) is 5.91 Å². The van der Waals surface area contributed by atoms with E-state index in [1.54, 1.807) is 17.5 Å². The highest BCUT2D eigenvalue weighted by Crippen LogP contribution is 2.30. The minimum atomic E-state index is -0.0244. The molecular weight excluding hydrogens is 360 g/mol. The summed E-state index contributed by atoms with van der Waals surface area (Å²) in [6.07, 6.45) is 5.05. The van der Waals surface area contributed by atoms with Crippen LogP contribution >= 0.6 is 11.3 Å². The van der Waals surface area contributed by atoms with Crippen LogP contribution in [0.5, 0.6) is 0 Å². The highest BCUT2D eigenvalue weighted by molar-refractivity contribution is 7.15. The van der Waals surface area contributed by atoms with Crippen molar-refractivity contribution in [2.24, 2.45) is 0 Å². The number of aromatic nitrogens is 2. The van der Waals surface area contributed by atoms with Gasteiger partial charge in [0, 0.05) is 30.4 Å². The van der Waals surface area contributed by atoms with E-state index in [1.165, 1.54) is 0 Å². The summed E-state index contributed by atoms with van der Waals surface area (Å²) in [5, 5.41) is 6.09. The molecule has 2 aliphatic heterocycles. The third-order valence-electron chi connectivity index (χ3n) is 5.26. The number of likely N-dealkylation sites (tertiary alicyclic amines) is 1. The fraction of sp³-hybridized carbons (Fsp3) is 0.350. The number of hydrogen-bond donors (Lipinski definition) is 1. The Bertz CT molecular complexity index is 1020. The van der Waals surface area contributed by atoms with E-state index < -0.39 is 0 Å². The van der Waals surface area contributed by atoms with Gasteiger partial charge in [0.05, 0.1) is 29.1 Å². The number of anilines is 1. The predicted octanol–water partition coefficient (Wildman–Crippen LogP) is 3.08. The van der Waals surface area contributed by atoms with Gasteiger partial charge in [0.2, 0.25) is 5.91 Å². The highest BCUT2D eigenvalue weighted by Gasteiger charge is 2.39. The van der Waals surface area contributed by atoms with Crippen molar-refractivity contribution in [1.82, 2.24) is 14.9 Å². The van der Waals surface area contributed by atoms with Crippen LogP contribution < -0.4 is 5.32 Å². The van der Waals surface area contributed by atoms with Crippen molar-refractivity contribution in [3.05, 3.63) is 41.7 Å². The zero-order chi connectivity index (χ0) is 18.4. The molecule has 2 saturated heterocycles. The molecule has 6 nitrogen and oxygen atoms in total. The molecule has 3 aromatic rings. The molecule has 1 aromatic carbocycles. The normalized spacial score (nSPS) is 21.8. The molecule has 2 aliphatic rings. The number of thiazole rings is 1. The lowest BCUT2D eigenvalue weighted by Crippen LogP contribution is -2.41. The second-order valence-electron chi connectivity index (χ2n) is 7.20. The van der Waals surface area contributed by atoms with Gasteiger partial charge in [-0.1, -0.05) is 12.1 Å². The average Bonchev–Trinajstić information content (AvgIpc) is 3.38. The van der Waals surface area contributed by atoms with Gasteiger partial charge in [-0.15, -0.1) is 11.3 Å². The van der Waals surface area contributed by atoms with Gasteiger partial charge in [-0.3, -0.25) is 9.69 Å². The maximum absolute atomic E-state index is 12.4. The predicted molar refractivity (Wildman–Crippen MR) is 106 cm³/mol. The number of morpholine rings is 1.